The number of nitrogens with one attached hydrogen (secondary N) is 2. The van der Waals surface area contributed by atoms with Gasteiger partial charge in [0.05, 0.1) is 13.2 Å². The molecule has 5 heteroatoms. The normalized spacial score (nSPS) is 18.1. The fourth-order valence-corrected chi connectivity index (χ4v) is 2.48. The predicted molar refractivity (Wildman–Crippen MR) is 84.6 cm³/mol. The Morgan fingerprint density at radius 2 is 2.10 bits per heavy atom. The van der Waals surface area contributed by atoms with Crippen molar-refractivity contribution in [1.82, 2.24) is 10.6 Å². The molecule has 0 bridgehead atoms. The summed E-state index contributed by atoms with van der Waals surface area (Å²) in [4.78, 5) is 13.5. The van der Waals surface area contributed by atoms with Gasteiger partial charge in [0.15, 0.2) is 0 Å². The van der Waals surface area contributed by atoms with Gasteiger partial charge in [-0.05, 0) is 24.1 Å². The minimum atomic E-state index is -0.350. The van der Waals surface area contributed by atoms with Crippen LogP contribution in [0.3, 0.4) is 0 Å². The standard InChI is InChI=1S/C16H25N3O2/c1-12(2)17-10-13-4-6-15(7-5-13)19-9-8-14(11-19)18-16(20)21-3/h4-7,12,14,17H,8-11H2,1-3H3,(H,18,20). The molecule has 0 saturated carbocycles. The first-order chi connectivity index (χ1) is 10.1. The Hall–Kier alpha value is -1.75. The fraction of sp³-hybridized carbons (Fsp3) is 0.562. The maximum atomic E-state index is 11.2. The summed E-state index contributed by atoms with van der Waals surface area (Å²) in [6.45, 7) is 6.97. The SMILES string of the molecule is COC(=O)NC1CCN(c2ccc(CNC(C)C)cc2)C1. The van der Waals surface area contributed by atoms with E-state index in [4.69, 9.17) is 0 Å². The van der Waals surface area contributed by atoms with Crippen molar-refractivity contribution >= 4 is 11.8 Å². The van der Waals surface area contributed by atoms with Crippen LogP contribution < -0.4 is 15.5 Å². The van der Waals surface area contributed by atoms with Gasteiger partial charge in [-0.2, -0.15) is 0 Å². The van der Waals surface area contributed by atoms with Crippen LogP contribution in [-0.4, -0.2) is 38.4 Å². The molecule has 1 unspecified atom stereocenters. The minimum absolute atomic E-state index is 0.166. The zero-order valence-corrected chi connectivity index (χ0v) is 13.1. The number of amides is 1. The zero-order chi connectivity index (χ0) is 15.2. The summed E-state index contributed by atoms with van der Waals surface area (Å²) in [5.74, 6) is 0. The molecule has 1 aromatic carbocycles. The number of carbonyl (C=O) groups is 1. The third-order valence-electron chi connectivity index (χ3n) is 3.71. The second kappa shape index (κ2) is 7.31. The number of benzene rings is 1. The summed E-state index contributed by atoms with van der Waals surface area (Å²) in [5.41, 5.74) is 2.49. The van der Waals surface area contributed by atoms with Crippen molar-refractivity contribution in [3.05, 3.63) is 29.8 Å². The van der Waals surface area contributed by atoms with Crippen LogP contribution in [0.4, 0.5) is 10.5 Å². The number of hydrogen-bond donors (Lipinski definition) is 2. The average molecular weight is 291 g/mol. The molecule has 21 heavy (non-hydrogen) atoms. The number of anilines is 1. The van der Waals surface area contributed by atoms with Crippen LogP contribution in [-0.2, 0) is 11.3 Å². The Kier molecular flexibility index (Phi) is 5.44. The summed E-state index contributed by atoms with van der Waals surface area (Å²) >= 11 is 0. The number of methoxy groups -OCH3 is 1. The predicted octanol–water partition coefficient (Wildman–Crippen LogP) is 2.12. The first-order valence-corrected chi connectivity index (χ1v) is 7.50. The summed E-state index contributed by atoms with van der Waals surface area (Å²) in [7, 11) is 1.39. The van der Waals surface area contributed by atoms with Crippen LogP contribution in [0, 0.1) is 0 Å². The molecule has 0 aliphatic carbocycles. The molecule has 1 atom stereocenters. The minimum Gasteiger partial charge on any atom is -0.453 e. The van der Waals surface area contributed by atoms with E-state index >= 15 is 0 Å². The van der Waals surface area contributed by atoms with E-state index in [1.54, 1.807) is 0 Å². The second-order valence-corrected chi connectivity index (χ2v) is 5.77. The number of ether oxygens (including phenoxy) is 1. The lowest BCUT2D eigenvalue weighted by atomic mass is 10.2. The first kappa shape index (κ1) is 15.6. The Morgan fingerprint density at radius 1 is 1.38 bits per heavy atom. The smallest absolute Gasteiger partial charge is 0.407 e. The van der Waals surface area contributed by atoms with E-state index in [9.17, 15) is 4.79 Å². The molecule has 0 aromatic heterocycles. The third kappa shape index (κ3) is 4.63. The van der Waals surface area contributed by atoms with Gasteiger partial charge in [0, 0.05) is 31.4 Å². The van der Waals surface area contributed by atoms with Crippen molar-refractivity contribution in [3.8, 4) is 0 Å². The number of hydrogen-bond acceptors (Lipinski definition) is 4. The molecule has 116 valence electrons. The van der Waals surface area contributed by atoms with Gasteiger partial charge in [0.2, 0.25) is 0 Å². The Bertz CT molecular complexity index is 459. The molecule has 1 aliphatic rings. The Balaban J connectivity index is 1.87. The molecule has 0 radical (unpaired) electrons. The van der Waals surface area contributed by atoms with Gasteiger partial charge in [-0.15, -0.1) is 0 Å². The molecule has 1 heterocycles. The highest BCUT2D eigenvalue weighted by molar-refractivity contribution is 5.67. The summed E-state index contributed by atoms with van der Waals surface area (Å²) in [6, 6.07) is 9.28. The van der Waals surface area contributed by atoms with Gasteiger partial charge in [-0.3, -0.25) is 0 Å². The van der Waals surface area contributed by atoms with E-state index in [-0.39, 0.29) is 12.1 Å². The van der Waals surface area contributed by atoms with E-state index in [0.29, 0.717) is 6.04 Å². The lowest BCUT2D eigenvalue weighted by Crippen LogP contribution is -2.36. The van der Waals surface area contributed by atoms with E-state index in [0.717, 1.165) is 26.1 Å². The number of carbonyl (C=O) groups excluding carboxylic acids is 1. The van der Waals surface area contributed by atoms with Crippen molar-refractivity contribution in [3.63, 3.8) is 0 Å². The highest BCUT2D eigenvalue weighted by Gasteiger charge is 2.24. The molecule has 0 spiro atoms. The molecule has 1 aromatic rings. The largest absolute Gasteiger partial charge is 0.453 e. The highest BCUT2D eigenvalue weighted by atomic mass is 16.5. The monoisotopic (exact) mass is 291 g/mol. The lowest BCUT2D eigenvalue weighted by molar-refractivity contribution is 0.167. The van der Waals surface area contributed by atoms with E-state index in [2.05, 4.69) is 58.4 Å². The molecule has 1 saturated heterocycles. The Labute approximate surface area is 126 Å². The molecule has 5 nitrogen and oxygen atoms in total. The lowest BCUT2D eigenvalue weighted by Gasteiger charge is -2.19. The summed E-state index contributed by atoms with van der Waals surface area (Å²) < 4.78 is 4.64. The van der Waals surface area contributed by atoms with Crippen LogP contribution in [0.1, 0.15) is 25.8 Å². The van der Waals surface area contributed by atoms with Gasteiger partial charge in [-0.1, -0.05) is 26.0 Å². The van der Waals surface area contributed by atoms with Crippen LogP contribution in [0.2, 0.25) is 0 Å². The van der Waals surface area contributed by atoms with Crippen LogP contribution in [0.5, 0.6) is 0 Å². The molecule has 1 amide bonds. The second-order valence-electron chi connectivity index (χ2n) is 5.77. The molecule has 1 aliphatic heterocycles. The summed E-state index contributed by atoms with van der Waals surface area (Å²) in [5, 5.41) is 6.27. The van der Waals surface area contributed by atoms with Gasteiger partial charge >= 0.3 is 6.09 Å². The van der Waals surface area contributed by atoms with E-state index in [1.165, 1.54) is 18.4 Å². The van der Waals surface area contributed by atoms with Crippen molar-refractivity contribution in [2.24, 2.45) is 0 Å². The van der Waals surface area contributed by atoms with E-state index < -0.39 is 0 Å². The maximum Gasteiger partial charge on any atom is 0.407 e. The van der Waals surface area contributed by atoms with Crippen LogP contribution in [0.15, 0.2) is 24.3 Å². The van der Waals surface area contributed by atoms with Crippen LogP contribution in [0.25, 0.3) is 0 Å². The van der Waals surface area contributed by atoms with Gasteiger partial charge in [0.25, 0.3) is 0 Å². The molecule has 2 rings (SSSR count). The van der Waals surface area contributed by atoms with Crippen molar-refractivity contribution in [2.45, 2.75) is 38.9 Å². The number of nitrogens with zero attached hydrogens (tertiary/aromatic N) is 1. The molecule has 2 N–H and O–H groups in total. The molecule has 1 fully saturated rings. The van der Waals surface area contributed by atoms with Crippen molar-refractivity contribution < 1.29 is 9.53 Å². The van der Waals surface area contributed by atoms with Crippen molar-refractivity contribution in [2.75, 3.05) is 25.1 Å². The number of alkyl carbamates (subject to hydrolysis) is 1. The molecular weight excluding hydrogens is 266 g/mol. The zero-order valence-electron chi connectivity index (χ0n) is 13.1. The topological polar surface area (TPSA) is 53.6 Å². The van der Waals surface area contributed by atoms with Crippen molar-refractivity contribution in [1.29, 1.82) is 0 Å². The first-order valence-electron chi connectivity index (χ1n) is 7.50. The quantitative estimate of drug-likeness (QED) is 0.872. The third-order valence-corrected chi connectivity index (χ3v) is 3.71. The van der Waals surface area contributed by atoms with E-state index in [1.807, 2.05) is 0 Å². The molecular formula is C16H25N3O2. The maximum absolute atomic E-state index is 11.2. The van der Waals surface area contributed by atoms with Crippen LogP contribution >= 0.6 is 0 Å². The number of rotatable bonds is 5. The van der Waals surface area contributed by atoms with Gasteiger partial charge in [0.1, 0.15) is 0 Å². The average Bonchev–Trinajstić information content (AvgIpc) is 2.94. The fourth-order valence-electron chi connectivity index (χ4n) is 2.48. The summed E-state index contributed by atoms with van der Waals surface area (Å²) in [6.07, 6.45) is 0.600. The van der Waals surface area contributed by atoms with Gasteiger partial charge in [-0.25, -0.2) is 4.79 Å². The van der Waals surface area contributed by atoms with Gasteiger partial charge < -0.3 is 20.3 Å². The highest BCUT2D eigenvalue weighted by Crippen LogP contribution is 2.21. The Morgan fingerprint density at radius 3 is 2.71 bits per heavy atom.